The van der Waals surface area contributed by atoms with E-state index < -0.39 is 6.09 Å². The summed E-state index contributed by atoms with van der Waals surface area (Å²) in [5.41, 5.74) is 3.69. The first-order chi connectivity index (χ1) is 16.1. The number of anilines is 1. The number of thiophene rings is 1. The molecule has 0 aliphatic rings. The van der Waals surface area contributed by atoms with Gasteiger partial charge in [-0.2, -0.15) is 0 Å². The third-order valence-electron chi connectivity index (χ3n) is 4.88. The van der Waals surface area contributed by atoms with Crippen LogP contribution < -0.4 is 16.2 Å². The van der Waals surface area contributed by atoms with Crippen molar-refractivity contribution in [3.8, 4) is 10.4 Å². The maximum atomic E-state index is 12.8. The summed E-state index contributed by atoms with van der Waals surface area (Å²) in [6.45, 7) is 0.419. The molecular weight excluding hydrogens is 436 g/mol. The van der Waals surface area contributed by atoms with E-state index in [4.69, 9.17) is 10.6 Å². The molecule has 2 heterocycles. The maximum Gasteiger partial charge on any atom is 0.407 e. The number of alkyl carbamates (subject to hydrolysis) is 1. The Hall–Kier alpha value is -4.01. The Labute approximate surface area is 195 Å². The van der Waals surface area contributed by atoms with Gasteiger partial charge < -0.3 is 10.1 Å². The molecule has 166 valence electrons. The van der Waals surface area contributed by atoms with Gasteiger partial charge in [0.15, 0.2) is 0 Å². The van der Waals surface area contributed by atoms with Crippen molar-refractivity contribution >= 4 is 29.0 Å². The van der Waals surface area contributed by atoms with Crippen LogP contribution in [-0.2, 0) is 17.9 Å². The van der Waals surface area contributed by atoms with Crippen LogP contribution in [0.2, 0.25) is 0 Å². The van der Waals surface area contributed by atoms with Crippen molar-refractivity contribution in [1.82, 2.24) is 10.3 Å². The lowest BCUT2D eigenvalue weighted by Gasteiger charge is -2.17. The first-order valence-corrected chi connectivity index (χ1v) is 11.1. The van der Waals surface area contributed by atoms with Crippen LogP contribution in [0.1, 0.15) is 21.5 Å². The Morgan fingerprint density at radius 3 is 2.58 bits per heavy atom. The smallest absolute Gasteiger partial charge is 0.407 e. The highest BCUT2D eigenvalue weighted by molar-refractivity contribution is 7.13. The highest BCUT2D eigenvalue weighted by Gasteiger charge is 2.15. The Morgan fingerprint density at radius 2 is 1.85 bits per heavy atom. The second kappa shape index (κ2) is 10.5. The standard InChI is InChI=1S/C25H22N4O3S/c26-29(22-6-1-5-21(14-22)23-7-3-13-33-23)24(30)20-10-8-18(9-11-20)16-28-25(31)32-17-19-4-2-12-27-15-19/h1-15H,16-17,26H2,(H,28,31). The van der Waals surface area contributed by atoms with Crippen LogP contribution in [0.4, 0.5) is 10.5 Å². The number of hydrogen-bond donors (Lipinski definition) is 2. The average molecular weight is 459 g/mol. The van der Waals surface area contributed by atoms with Crippen LogP contribution in [-0.4, -0.2) is 17.0 Å². The molecule has 4 aromatic rings. The van der Waals surface area contributed by atoms with E-state index in [-0.39, 0.29) is 19.1 Å². The molecule has 0 radical (unpaired) electrons. The number of aromatic nitrogens is 1. The van der Waals surface area contributed by atoms with Gasteiger partial charge in [-0.15, -0.1) is 11.3 Å². The van der Waals surface area contributed by atoms with Crippen molar-refractivity contribution in [2.75, 3.05) is 5.01 Å². The fourth-order valence-corrected chi connectivity index (χ4v) is 3.85. The zero-order valence-corrected chi connectivity index (χ0v) is 18.5. The molecule has 0 aliphatic heterocycles. The van der Waals surface area contributed by atoms with Crippen LogP contribution >= 0.6 is 11.3 Å². The lowest BCUT2D eigenvalue weighted by Crippen LogP contribution is -2.37. The zero-order valence-electron chi connectivity index (χ0n) is 17.7. The number of benzene rings is 2. The number of carbonyl (C=O) groups is 2. The summed E-state index contributed by atoms with van der Waals surface area (Å²) in [7, 11) is 0. The van der Waals surface area contributed by atoms with Crippen LogP contribution in [0.25, 0.3) is 10.4 Å². The third kappa shape index (κ3) is 5.82. The first-order valence-electron chi connectivity index (χ1n) is 10.2. The summed E-state index contributed by atoms with van der Waals surface area (Å²) < 4.78 is 5.16. The van der Waals surface area contributed by atoms with Gasteiger partial charge in [-0.05, 0) is 52.9 Å². The number of nitrogens with two attached hydrogens (primary N) is 1. The molecule has 2 aromatic heterocycles. The molecule has 3 N–H and O–H groups in total. The molecule has 2 aromatic carbocycles. The lowest BCUT2D eigenvalue weighted by molar-refractivity contribution is 0.0986. The van der Waals surface area contributed by atoms with E-state index >= 15 is 0 Å². The Morgan fingerprint density at radius 1 is 1.00 bits per heavy atom. The molecule has 0 fully saturated rings. The number of hydrogen-bond acceptors (Lipinski definition) is 6. The van der Waals surface area contributed by atoms with Crippen molar-refractivity contribution in [3.05, 3.63) is 107 Å². The number of nitrogens with one attached hydrogen (secondary N) is 1. The SMILES string of the molecule is NN(C(=O)c1ccc(CNC(=O)OCc2cccnc2)cc1)c1cccc(-c2cccs2)c1. The van der Waals surface area contributed by atoms with E-state index in [2.05, 4.69) is 10.3 Å². The zero-order chi connectivity index (χ0) is 23.0. The molecule has 0 atom stereocenters. The number of rotatable bonds is 7. The largest absolute Gasteiger partial charge is 0.445 e. The van der Waals surface area contributed by atoms with Gasteiger partial charge in [0.1, 0.15) is 6.61 Å². The van der Waals surface area contributed by atoms with Crippen molar-refractivity contribution < 1.29 is 14.3 Å². The summed E-state index contributed by atoms with van der Waals surface area (Å²) in [6, 6.07) is 22.1. The summed E-state index contributed by atoms with van der Waals surface area (Å²) in [5.74, 6) is 5.79. The second-order valence-electron chi connectivity index (χ2n) is 7.19. The molecular formula is C25H22N4O3S. The van der Waals surface area contributed by atoms with Crippen molar-refractivity contribution in [2.24, 2.45) is 5.84 Å². The van der Waals surface area contributed by atoms with Gasteiger partial charge in [-0.1, -0.05) is 36.4 Å². The third-order valence-corrected chi connectivity index (χ3v) is 5.80. The van der Waals surface area contributed by atoms with Gasteiger partial charge in [-0.25, -0.2) is 15.6 Å². The molecule has 0 aliphatic carbocycles. The van der Waals surface area contributed by atoms with Crippen molar-refractivity contribution in [1.29, 1.82) is 0 Å². The predicted molar refractivity (Wildman–Crippen MR) is 128 cm³/mol. The summed E-state index contributed by atoms with van der Waals surface area (Å²) in [6.07, 6.45) is 2.77. The molecule has 7 nitrogen and oxygen atoms in total. The van der Waals surface area contributed by atoms with Gasteiger partial charge in [-0.3, -0.25) is 9.78 Å². The molecule has 33 heavy (non-hydrogen) atoms. The van der Waals surface area contributed by atoms with Crippen LogP contribution in [0.15, 0.2) is 90.6 Å². The number of amides is 2. The number of hydrazine groups is 1. The Bertz CT molecular complexity index is 1210. The van der Waals surface area contributed by atoms with E-state index in [9.17, 15) is 9.59 Å². The normalized spacial score (nSPS) is 10.5. The quantitative estimate of drug-likeness (QED) is 0.236. The van der Waals surface area contributed by atoms with Crippen LogP contribution in [0.3, 0.4) is 0 Å². The Balaban J connectivity index is 1.32. The van der Waals surface area contributed by atoms with E-state index in [0.29, 0.717) is 11.3 Å². The van der Waals surface area contributed by atoms with E-state index in [1.54, 1.807) is 60.1 Å². The highest BCUT2D eigenvalue weighted by Crippen LogP contribution is 2.28. The number of ether oxygens (including phenoxy) is 1. The van der Waals surface area contributed by atoms with E-state index in [0.717, 1.165) is 26.6 Å². The number of pyridine rings is 1. The topological polar surface area (TPSA) is 97.6 Å². The highest BCUT2D eigenvalue weighted by atomic mass is 32.1. The minimum atomic E-state index is -0.530. The molecule has 2 amide bonds. The maximum absolute atomic E-state index is 12.8. The fraction of sp³-hybridized carbons (Fsp3) is 0.0800. The molecule has 4 rings (SSSR count). The molecule has 0 unspecified atom stereocenters. The van der Waals surface area contributed by atoms with E-state index in [1.807, 2.05) is 41.8 Å². The van der Waals surface area contributed by atoms with Gasteiger partial charge in [0.2, 0.25) is 0 Å². The molecule has 0 spiro atoms. The fourth-order valence-electron chi connectivity index (χ4n) is 3.13. The number of nitrogens with zero attached hydrogens (tertiary/aromatic N) is 2. The van der Waals surface area contributed by atoms with Crippen molar-refractivity contribution in [2.45, 2.75) is 13.2 Å². The minimum Gasteiger partial charge on any atom is -0.445 e. The van der Waals surface area contributed by atoms with Gasteiger partial charge in [0.25, 0.3) is 5.91 Å². The molecule has 0 saturated heterocycles. The average Bonchev–Trinajstić information content (AvgIpc) is 3.42. The summed E-state index contributed by atoms with van der Waals surface area (Å²) in [5, 5.41) is 5.83. The minimum absolute atomic E-state index is 0.146. The number of carbonyl (C=O) groups excluding carboxylic acids is 2. The van der Waals surface area contributed by atoms with Gasteiger partial charge in [0.05, 0.1) is 5.69 Å². The predicted octanol–water partition coefficient (Wildman–Crippen LogP) is 4.76. The van der Waals surface area contributed by atoms with Crippen molar-refractivity contribution in [3.63, 3.8) is 0 Å². The molecule has 0 bridgehead atoms. The van der Waals surface area contributed by atoms with Crippen LogP contribution in [0.5, 0.6) is 0 Å². The molecule has 8 heteroatoms. The Kier molecular flexibility index (Phi) is 7.09. The van der Waals surface area contributed by atoms with Crippen LogP contribution in [0, 0.1) is 0 Å². The van der Waals surface area contributed by atoms with Gasteiger partial charge >= 0.3 is 6.09 Å². The monoisotopic (exact) mass is 458 g/mol. The second-order valence-corrected chi connectivity index (χ2v) is 8.14. The summed E-state index contributed by atoms with van der Waals surface area (Å²) >= 11 is 1.63. The molecule has 0 saturated carbocycles. The summed E-state index contributed by atoms with van der Waals surface area (Å²) in [4.78, 5) is 29.8. The first kappa shape index (κ1) is 22.2. The lowest BCUT2D eigenvalue weighted by atomic mass is 10.1. The van der Waals surface area contributed by atoms with Gasteiger partial charge in [0, 0.05) is 34.9 Å². The van der Waals surface area contributed by atoms with E-state index in [1.165, 1.54) is 0 Å².